The maximum absolute atomic E-state index is 12.0. The molecule has 1 saturated heterocycles. The normalized spacial score (nSPS) is 20.0. The number of hydrogen-bond acceptors (Lipinski definition) is 4. The van der Waals surface area contributed by atoms with E-state index >= 15 is 0 Å². The Hall–Kier alpha value is -1.41. The van der Waals surface area contributed by atoms with Crippen molar-refractivity contribution >= 4 is 26.1 Å². The number of aliphatic carboxylic acids is 1. The van der Waals surface area contributed by atoms with Crippen molar-refractivity contribution in [2.24, 2.45) is 0 Å². The van der Waals surface area contributed by atoms with Gasteiger partial charge in [-0.05, 0) is 24.6 Å². The monoisotopic (exact) mass is 344 g/mol. The second kappa shape index (κ2) is 7.44. The van der Waals surface area contributed by atoms with E-state index in [9.17, 15) is 19.5 Å². The first-order valence-electron chi connectivity index (χ1n) is 7.90. The van der Waals surface area contributed by atoms with Crippen LogP contribution in [0.5, 0.6) is 0 Å². The van der Waals surface area contributed by atoms with Gasteiger partial charge in [-0.15, -0.1) is 0 Å². The molecule has 23 heavy (non-hydrogen) atoms. The van der Waals surface area contributed by atoms with Crippen molar-refractivity contribution in [2.45, 2.75) is 70.2 Å². The summed E-state index contributed by atoms with van der Waals surface area (Å²) in [5.41, 5.74) is 0. The summed E-state index contributed by atoms with van der Waals surface area (Å²) in [6.45, 7) is 10.8. The number of carbonyl (C=O) groups is 3. The molecule has 1 aliphatic heterocycles. The first-order valence-corrected chi connectivity index (χ1v) is 10.8. The number of nitrogens with one attached hydrogen (secondary N) is 2. The van der Waals surface area contributed by atoms with Gasteiger partial charge in [0.2, 0.25) is 11.8 Å². The van der Waals surface area contributed by atoms with Gasteiger partial charge in [-0.1, -0.05) is 20.8 Å². The highest BCUT2D eigenvalue weighted by Crippen LogP contribution is 2.36. The van der Waals surface area contributed by atoms with E-state index in [4.69, 9.17) is 4.43 Å². The fraction of sp³-hybridized carbons (Fsp3) is 0.800. The summed E-state index contributed by atoms with van der Waals surface area (Å²) in [4.78, 5) is 34.5. The lowest BCUT2D eigenvalue weighted by molar-refractivity contribution is -0.142. The van der Waals surface area contributed by atoms with E-state index in [1.807, 2.05) is 0 Å². The van der Waals surface area contributed by atoms with Crippen LogP contribution in [0.1, 0.15) is 40.0 Å². The van der Waals surface area contributed by atoms with E-state index in [0.29, 0.717) is 12.8 Å². The summed E-state index contributed by atoms with van der Waals surface area (Å²) < 4.78 is 5.95. The molecule has 1 rings (SSSR count). The molecule has 1 fully saturated rings. The maximum atomic E-state index is 12.0. The third-order valence-corrected chi connectivity index (χ3v) is 9.14. The second-order valence-electron chi connectivity index (χ2n) is 7.46. The highest BCUT2D eigenvalue weighted by molar-refractivity contribution is 6.74. The standard InChI is InChI=1S/C15H28N2O5Si/c1-15(2,3)23(4,5)22-9-8-11(14(20)21)17-13(19)10-6-7-12(18)16-10/h10-11H,6-9H2,1-5H3,(H,16,18)(H,17,19)(H,20,21)/t10-,11+/m0/s1. The zero-order valence-electron chi connectivity index (χ0n) is 14.6. The number of rotatable bonds is 7. The molecule has 3 N–H and O–H groups in total. The lowest BCUT2D eigenvalue weighted by atomic mass is 10.1. The average Bonchev–Trinajstić information content (AvgIpc) is 2.82. The Kier molecular flexibility index (Phi) is 6.35. The van der Waals surface area contributed by atoms with Gasteiger partial charge in [0.1, 0.15) is 12.1 Å². The highest BCUT2D eigenvalue weighted by Gasteiger charge is 2.37. The van der Waals surface area contributed by atoms with Crippen LogP contribution in [0.2, 0.25) is 18.1 Å². The zero-order chi connectivity index (χ0) is 17.8. The quantitative estimate of drug-likeness (QED) is 0.603. The molecule has 2 atom stereocenters. The molecule has 0 radical (unpaired) electrons. The van der Waals surface area contributed by atoms with Gasteiger partial charge in [0.05, 0.1) is 0 Å². The number of hydrogen-bond donors (Lipinski definition) is 3. The van der Waals surface area contributed by atoms with E-state index in [1.54, 1.807) is 0 Å². The smallest absolute Gasteiger partial charge is 0.326 e. The molecule has 0 aromatic rings. The third-order valence-electron chi connectivity index (χ3n) is 4.60. The Bertz CT molecular complexity index is 473. The van der Waals surface area contributed by atoms with Crippen molar-refractivity contribution in [3.63, 3.8) is 0 Å². The van der Waals surface area contributed by atoms with Gasteiger partial charge in [0.25, 0.3) is 0 Å². The van der Waals surface area contributed by atoms with Gasteiger partial charge >= 0.3 is 5.97 Å². The summed E-state index contributed by atoms with van der Waals surface area (Å²) >= 11 is 0. The van der Waals surface area contributed by atoms with Gasteiger partial charge < -0.3 is 20.2 Å². The van der Waals surface area contributed by atoms with E-state index in [0.717, 1.165) is 0 Å². The number of carbonyl (C=O) groups excluding carboxylic acids is 2. The molecule has 8 heteroatoms. The Labute approximate surface area is 138 Å². The number of carboxylic acid groups (broad SMARTS) is 1. The van der Waals surface area contributed by atoms with Gasteiger partial charge in [-0.25, -0.2) is 4.79 Å². The van der Waals surface area contributed by atoms with E-state index in [-0.39, 0.29) is 24.0 Å². The van der Waals surface area contributed by atoms with Crippen LogP contribution in [0.3, 0.4) is 0 Å². The summed E-state index contributed by atoms with van der Waals surface area (Å²) in [5, 5.41) is 14.3. The molecule has 0 spiro atoms. The minimum atomic E-state index is -1.94. The molecule has 0 aliphatic carbocycles. The molecule has 0 aromatic carbocycles. The Morgan fingerprint density at radius 3 is 2.48 bits per heavy atom. The first kappa shape index (κ1) is 19.6. The highest BCUT2D eigenvalue weighted by atomic mass is 28.4. The van der Waals surface area contributed by atoms with Gasteiger partial charge in [-0.2, -0.15) is 0 Å². The van der Waals surface area contributed by atoms with Crippen LogP contribution < -0.4 is 10.6 Å². The third kappa shape index (κ3) is 5.62. The Morgan fingerprint density at radius 2 is 2.04 bits per heavy atom. The molecule has 0 bridgehead atoms. The lowest BCUT2D eigenvalue weighted by Gasteiger charge is -2.36. The molecule has 7 nitrogen and oxygen atoms in total. The van der Waals surface area contributed by atoms with E-state index in [1.165, 1.54) is 0 Å². The lowest BCUT2D eigenvalue weighted by Crippen LogP contribution is -2.49. The first-order chi connectivity index (χ1) is 10.4. The minimum absolute atomic E-state index is 0.0447. The van der Waals surface area contributed by atoms with Gasteiger partial charge in [-0.3, -0.25) is 9.59 Å². The molecule has 0 saturated carbocycles. The molecule has 0 aromatic heterocycles. The molecule has 1 aliphatic rings. The van der Waals surface area contributed by atoms with Gasteiger partial charge in [0, 0.05) is 19.4 Å². The molecular weight excluding hydrogens is 316 g/mol. The number of amides is 2. The van der Waals surface area contributed by atoms with Crippen molar-refractivity contribution in [3.05, 3.63) is 0 Å². The van der Waals surface area contributed by atoms with E-state index < -0.39 is 32.3 Å². The van der Waals surface area contributed by atoms with Crippen LogP contribution >= 0.6 is 0 Å². The van der Waals surface area contributed by atoms with Crippen molar-refractivity contribution in [1.82, 2.24) is 10.6 Å². The van der Waals surface area contributed by atoms with Crippen LogP contribution in [0.4, 0.5) is 0 Å². The summed E-state index contributed by atoms with van der Waals surface area (Å²) in [6.07, 6.45) is 0.899. The SMILES string of the molecule is CC(C)(C)[Si](C)(C)OCC[C@@H](NC(=O)[C@@H]1CCC(=O)N1)C(=O)O. The second-order valence-corrected chi connectivity index (χ2v) is 12.3. The summed E-state index contributed by atoms with van der Waals surface area (Å²) in [7, 11) is -1.94. The van der Waals surface area contributed by atoms with Crippen molar-refractivity contribution < 1.29 is 23.9 Å². The Balaban J connectivity index is 2.51. The van der Waals surface area contributed by atoms with E-state index in [2.05, 4.69) is 44.5 Å². The van der Waals surface area contributed by atoms with Crippen molar-refractivity contribution in [1.29, 1.82) is 0 Å². The van der Waals surface area contributed by atoms with Gasteiger partial charge in [0.15, 0.2) is 8.32 Å². The molecule has 1 heterocycles. The predicted octanol–water partition coefficient (Wildman–Crippen LogP) is 1.25. The van der Waals surface area contributed by atoms with Crippen LogP contribution in [-0.4, -0.2) is 49.9 Å². The fourth-order valence-corrected chi connectivity index (χ4v) is 3.05. The van der Waals surface area contributed by atoms with Crippen LogP contribution in [-0.2, 0) is 18.8 Å². The molecule has 132 valence electrons. The molecule has 2 amide bonds. The fourth-order valence-electron chi connectivity index (χ4n) is 1.99. The summed E-state index contributed by atoms with van der Waals surface area (Å²) in [5.74, 6) is -1.73. The van der Waals surface area contributed by atoms with Crippen LogP contribution in [0.15, 0.2) is 0 Å². The maximum Gasteiger partial charge on any atom is 0.326 e. The topological polar surface area (TPSA) is 105 Å². The Morgan fingerprint density at radius 1 is 1.43 bits per heavy atom. The van der Waals surface area contributed by atoms with Crippen molar-refractivity contribution in [2.75, 3.05) is 6.61 Å². The van der Waals surface area contributed by atoms with Crippen LogP contribution in [0.25, 0.3) is 0 Å². The van der Waals surface area contributed by atoms with Crippen LogP contribution in [0, 0.1) is 0 Å². The molecular formula is C15H28N2O5Si. The number of carboxylic acids is 1. The predicted molar refractivity (Wildman–Crippen MR) is 88.5 cm³/mol. The average molecular weight is 344 g/mol. The molecule has 0 unspecified atom stereocenters. The minimum Gasteiger partial charge on any atom is -0.480 e. The van der Waals surface area contributed by atoms with Crippen molar-refractivity contribution in [3.8, 4) is 0 Å². The zero-order valence-corrected chi connectivity index (χ0v) is 15.6. The summed E-state index contributed by atoms with van der Waals surface area (Å²) in [6, 6.07) is -1.64. The largest absolute Gasteiger partial charge is 0.480 e.